The van der Waals surface area contributed by atoms with E-state index in [0.717, 1.165) is 23.4 Å². The number of rotatable bonds is 5. The third-order valence-electron chi connectivity index (χ3n) is 2.72. The van der Waals surface area contributed by atoms with E-state index < -0.39 is 0 Å². The lowest BCUT2D eigenvalue weighted by atomic mass is 10.1. The minimum Gasteiger partial charge on any atom is -0.493 e. The molecule has 0 unspecified atom stereocenters. The third kappa shape index (κ3) is 2.31. The Balaban J connectivity index is 2.42. The number of aromatic amines is 1. The number of ether oxygens (including phenoxy) is 2. The maximum Gasteiger partial charge on any atom is 0.170 e. The predicted octanol–water partition coefficient (Wildman–Crippen LogP) is 1.60. The molecule has 0 bridgehead atoms. The summed E-state index contributed by atoms with van der Waals surface area (Å²) in [6.07, 6.45) is 0.777. The van der Waals surface area contributed by atoms with Gasteiger partial charge in [0, 0.05) is 17.7 Å². The first kappa shape index (κ1) is 12.4. The summed E-state index contributed by atoms with van der Waals surface area (Å²) >= 11 is 0. The van der Waals surface area contributed by atoms with E-state index in [1.165, 1.54) is 0 Å². The number of methoxy groups -OCH3 is 2. The first-order chi connectivity index (χ1) is 8.80. The molecule has 0 fully saturated rings. The molecule has 0 saturated heterocycles. The molecule has 0 saturated carbocycles. The summed E-state index contributed by atoms with van der Waals surface area (Å²) in [6.45, 7) is 0.594. The van der Waals surface area contributed by atoms with Gasteiger partial charge in [0.25, 0.3) is 0 Å². The van der Waals surface area contributed by atoms with Gasteiger partial charge in [0.15, 0.2) is 11.5 Å². The highest BCUT2D eigenvalue weighted by Crippen LogP contribution is 2.36. The average molecular weight is 247 g/mol. The van der Waals surface area contributed by atoms with Crippen LogP contribution in [0.1, 0.15) is 5.69 Å². The molecule has 0 aliphatic carbocycles. The lowest BCUT2D eigenvalue weighted by Crippen LogP contribution is -2.02. The molecule has 2 aromatic rings. The van der Waals surface area contributed by atoms with Crippen LogP contribution in [0.5, 0.6) is 11.5 Å². The fourth-order valence-corrected chi connectivity index (χ4v) is 1.87. The zero-order chi connectivity index (χ0) is 13.0. The Morgan fingerprint density at radius 2 is 2.11 bits per heavy atom. The average Bonchev–Trinajstić information content (AvgIpc) is 2.86. The van der Waals surface area contributed by atoms with Crippen LogP contribution >= 0.6 is 0 Å². The number of para-hydroxylation sites is 1. The van der Waals surface area contributed by atoms with Crippen LogP contribution in [0.4, 0.5) is 0 Å². The van der Waals surface area contributed by atoms with E-state index in [1.54, 1.807) is 14.2 Å². The number of nitrogens with one attached hydrogen (secondary N) is 1. The minimum atomic E-state index is 0.594. The molecular weight excluding hydrogens is 230 g/mol. The summed E-state index contributed by atoms with van der Waals surface area (Å²) in [6, 6.07) is 7.69. The summed E-state index contributed by atoms with van der Waals surface area (Å²) in [5.74, 6) is 1.38. The lowest BCUT2D eigenvalue weighted by molar-refractivity contribution is 0.356. The number of hydrogen-bond acceptors (Lipinski definition) is 4. The van der Waals surface area contributed by atoms with Crippen molar-refractivity contribution in [3.63, 3.8) is 0 Å². The zero-order valence-corrected chi connectivity index (χ0v) is 10.6. The number of hydrogen-bond donors (Lipinski definition) is 2. The van der Waals surface area contributed by atoms with Crippen LogP contribution in [0.3, 0.4) is 0 Å². The molecule has 0 atom stereocenters. The van der Waals surface area contributed by atoms with Crippen LogP contribution in [-0.4, -0.2) is 31.0 Å². The number of nitrogens with two attached hydrogens (primary N) is 1. The van der Waals surface area contributed by atoms with Crippen LogP contribution in [0.2, 0.25) is 0 Å². The molecule has 0 aliphatic heterocycles. The molecule has 1 aromatic heterocycles. The van der Waals surface area contributed by atoms with Gasteiger partial charge in [-0.1, -0.05) is 6.07 Å². The molecule has 0 aliphatic rings. The number of nitrogens with zero attached hydrogens (tertiary/aromatic N) is 1. The van der Waals surface area contributed by atoms with E-state index in [1.807, 2.05) is 24.3 Å². The van der Waals surface area contributed by atoms with Gasteiger partial charge in [0.2, 0.25) is 0 Å². The molecule has 0 spiro atoms. The van der Waals surface area contributed by atoms with Crippen LogP contribution in [0.15, 0.2) is 24.3 Å². The van der Waals surface area contributed by atoms with Gasteiger partial charge in [-0.25, -0.2) is 0 Å². The summed E-state index contributed by atoms with van der Waals surface area (Å²) in [7, 11) is 3.24. The maximum atomic E-state index is 5.52. The first-order valence-corrected chi connectivity index (χ1v) is 5.76. The second-order valence-corrected chi connectivity index (χ2v) is 3.86. The van der Waals surface area contributed by atoms with E-state index in [9.17, 15) is 0 Å². The molecular formula is C13H17N3O2. The van der Waals surface area contributed by atoms with Crippen molar-refractivity contribution < 1.29 is 9.47 Å². The van der Waals surface area contributed by atoms with E-state index >= 15 is 0 Å². The molecule has 3 N–H and O–H groups in total. The monoisotopic (exact) mass is 247 g/mol. The quantitative estimate of drug-likeness (QED) is 0.841. The molecule has 5 nitrogen and oxygen atoms in total. The van der Waals surface area contributed by atoms with E-state index in [2.05, 4.69) is 10.2 Å². The Morgan fingerprint density at radius 1 is 1.28 bits per heavy atom. The van der Waals surface area contributed by atoms with Crippen molar-refractivity contribution in [3.8, 4) is 22.8 Å². The van der Waals surface area contributed by atoms with Gasteiger partial charge in [-0.2, -0.15) is 5.10 Å². The standard InChI is InChI=1S/C13H17N3O2/c1-17-12-5-3-4-10(13(12)18-2)11-8-9(6-7-14)15-16-11/h3-5,8H,6-7,14H2,1-2H3,(H,15,16). The largest absolute Gasteiger partial charge is 0.493 e. The second kappa shape index (κ2) is 5.55. The normalized spacial score (nSPS) is 10.4. The van der Waals surface area contributed by atoms with Gasteiger partial charge in [-0.15, -0.1) is 0 Å². The van der Waals surface area contributed by atoms with Crippen molar-refractivity contribution in [1.82, 2.24) is 10.2 Å². The Labute approximate surface area is 106 Å². The van der Waals surface area contributed by atoms with Crippen molar-refractivity contribution in [2.45, 2.75) is 6.42 Å². The van der Waals surface area contributed by atoms with Gasteiger partial charge in [-0.05, 0) is 24.7 Å². The van der Waals surface area contributed by atoms with E-state index in [0.29, 0.717) is 18.0 Å². The predicted molar refractivity (Wildman–Crippen MR) is 69.9 cm³/mol. The van der Waals surface area contributed by atoms with Gasteiger partial charge in [0.1, 0.15) is 0 Å². The van der Waals surface area contributed by atoms with Gasteiger partial charge >= 0.3 is 0 Å². The van der Waals surface area contributed by atoms with Crippen LogP contribution in [0.25, 0.3) is 11.3 Å². The number of H-pyrrole nitrogens is 1. The topological polar surface area (TPSA) is 73.2 Å². The summed E-state index contributed by atoms with van der Waals surface area (Å²) < 4.78 is 10.7. The van der Waals surface area contributed by atoms with Crippen LogP contribution < -0.4 is 15.2 Å². The molecule has 2 rings (SSSR count). The van der Waals surface area contributed by atoms with Crippen molar-refractivity contribution in [2.24, 2.45) is 5.73 Å². The molecule has 5 heteroatoms. The summed E-state index contributed by atoms with van der Waals surface area (Å²) in [5, 5.41) is 7.24. The Morgan fingerprint density at radius 3 is 2.78 bits per heavy atom. The van der Waals surface area contributed by atoms with Crippen molar-refractivity contribution in [2.75, 3.05) is 20.8 Å². The highest BCUT2D eigenvalue weighted by Gasteiger charge is 2.13. The van der Waals surface area contributed by atoms with Crippen LogP contribution in [-0.2, 0) is 6.42 Å². The van der Waals surface area contributed by atoms with Crippen molar-refractivity contribution >= 4 is 0 Å². The van der Waals surface area contributed by atoms with E-state index in [-0.39, 0.29) is 0 Å². The smallest absolute Gasteiger partial charge is 0.170 e. The number of aromatic nitrogens is 2. The van der Waals surface area contributed by atoms with Crippen molar-refractivity contribution in [1.29, 1.82) is 0 Å². The second-order valence-electron chi connectivity index (χ2n) is 3.86. The number of benzene rings is 1. The van der Waals surface area contributed by atoms with Crippen LogP contribution in [0, 0.1) is 0 Å². The Bertz CT molecular complexity index is 523. The maximum absolute atomic E-state index is 5.52. The highest BCUT2D eigenvalue weighted by molar-refractivity contribution is 5.71. The van der Waals surface area contributed by atoms with Gasteiger partial charge in [-0.3, -0.25) is 5.10 Å². The molecule has 0 radical (unpaired) electrons. The first-order valence-electron chi connectivity index (χ1n) is 5.76. The summed E-state index contributed by atoms with van der Waals surface area (Å²) in [4.78, 5) is 0. The SMILES string of the molecule is COc1cccc(-c2cc(CCN)[nH]n2)c1OC. The summed E-state index contributed by atoms with van der Waals surface area (Å²) in [5.41, 5.74) is 8.26. The zero-order valence-electron chi connectivity index (χ0n) is 10.6. The lowest BCUT2D eigenvalue weighted by Gasteiger charge is -2.10. The van der Waals surface area contributed by atoms with Gasteiger partial charge < -0.3 is 15.2 Å². The fourth-order valence-electron chi connectivity index (χ4n) is 1.87. The molecule has 1 aromatic carbocycles. The Kier molecular flexibility index (Phi) is 3.84. The minimum absolute atomic E-state index is 0.594. The molecule has 0 amide bonds. The molecule has 18 heavy (non-hydrogen) atoms. The third-order valence-corrected chi connectivity index (χ3v) is 2.72. The van der Waals surface area contributed by atoms with Gasteiger partial charge in [0.05, 0.1) is 19.9 Å². The van der Waals surface area contributed by atoms with E-state index in [4.69, 9.17) is 15.2 Å². The highest BCUT2D eigenvalue weighted by atomic mass is 16.5. The Hall–Kier alpha value is -2.01. The van der Waals surface area contributed by atoms with Crippen molar-refractivity contribution in [3.05, 3.63) is 30.0 Å². The molecule has 1 heterocycles. The molecule has 96 valence electrons. The fraction of sp³-hybridized carbons (Fsp3) is 0.308.